The largest absolute Gasteiger partial charge is 0.460 e. The third-order valence-corrected chi connectivity index (χ3v) is 4.84. The highest BCUT2D eigenvalue weighted by atomic mass is 16.6. The summed E-state index contributed by atoms with van der Waals surface area (Å²) in [5.74, 6) is -4.08. The molecule has 0 bridgehead atoms. The number of benzene rings is 2. The van der Waals surface area contributed by atoms with Crippen LogP contribution in [-0.4, -0.2) is 49.2 Å². The maximum absolute atomic E-state index is 13.2. The van der Waals surface area contributed by atoms with Crippen LogP contribution in [0.25, 0.3) is 0 Å². The van der Waals surface area contributed by atoms with Gasteiger partial charge in [0.25, 0.3) is 0 Å². The summed E-state index contributed by atoms with van der Waals surface area (Å²) >= 11 is 0. The molecule has 8 heteroatoms. The van der Waals surface area contributed by atoms with E-state index in [1.165, 1.54) is 7.11 Å². The molecule has 0 aliphatic rings. The minimum absolute atomic E-state index is 0.0314. The predicted octanol–water partition coefficient (Wildman–Crippen LogP) is 2.39. The molecule has 1 unspecified atom stereocenters. The molecular formula is C26H34N2O6. The van der Waals surface area contributed by atoms with Gasteiger partial charge in [0.15, 0.2) is 5.92 Å². The van der Waals surface area contributed by atoms with Gasteiger partial charge < -0.3 is 25.3 Å². The molecule has 34 heavy (non-hydrogen) atoms. The van der Waals surface area contributed by atoms with Crippen LogP contribution in [0.5, 0.6) is 0 Å². The van der Waals surface area contributed by atoms with Gasteiger partial charge in [-0.15, -0.1) is 0 Å². The lowest BCUT2D eigenvalue weighted by Gasteiger charge is -2.27. The first kappa shape index (κ1) is 27.0. The van der Waals surface area contributed by atoms with Gasteiger partial charge >= 0.3 is 11.9 Å². The topological polar surface area (TPSA) is 117 Å². The number of hydrogen-bond acceptors (Lipinski definition) is 7. The highest BCUT2D eigenvalue weighted by Crippen LogP contribution is 2.16. The molecule has 3 N–H and O–H groups in total. The molecule has 184 valence electrons. The van der Waals surface area contributed by atoms with Crippen LogP contribution < -0.4 is 11.1 Å². The van der Waals surface area contributed by atoms with Gasteiger partial charge in [-0.25, -0.2) is 0 Å². The molecule has 0 heterocycles. The second kappa shape index (κ2) is 12.9. The summed E-state index contributed by atoms with van der Waals surface area (Å²) in [6.45, 7) is 5.18. The van der Waals surface area contributed by atoms with Crippen molar-refractivity contribution >= 4 is 17.8 Å². The molecule has 0 spiro atoms. The summed E-state index contributed by atoms with van der Waals surface area (Å²) in [5.41, 5.74) is 6.94. The molecule has 2 aromatic rings. The van der Waals surface area contributed by atoms with E-state index < -0.39 is 41.4 Å². The molecule has 0 saturated heterocycles. The monoisotopic (exact) mass is 470 g/mol. The van der Waals surface area contributed by atoms with Gasteiger partial charge in [-0.05, 0) is 38.3 Å². The molecule has 3 atom stereocenters. The fourth-order valence-corrected chi connectivity index (χ4v) is 3.29. The summed E-state index contributed by atoms with van der Waals surface area (Å²) in [7, 11) is 1.52. The van der Waals surface area contributed by atoms with Crippen LogP contribution in [0, 0.1) is 5.92 Å². The molecule has 0 aliphatic heterocycles. The van der Waals surface area contributed by atoms with Crippen molar-refractivity contribution in [1.29, 1.82) is 0 Å². The van der Waals surface area contributed by atoms with Crippen molar-refractivity contribution < 1.29 is 28.6 Å². The van der Waals surface area contributed by atoms with Gasteiger partial charge in [-0.1, -0.05) is 60.7 Å². The third kappa shape index (κ3) is 8.96. The maximum atomic E-state index is 13.2. The van der Waals surface area contributed by atoms with Crippen molar-refractivity contribution in [1.82, 2.24) is 5.32 Å². The molecule has 0 aromatic heterocycles. The molecule has 2 aromatic carbocycles. The van der Waals surface area contributed by atoms with Crippen molar-refractivity contribution in [2.45, 2.75) is 51.5 Å². The van der Waals surface area contributed by atoms with E-state index in [0.717, 1.165) is 11.1 Å². The number of methoxy groups -OCH3 is 1. The Labute approximate surface area is 200 Å². The van der Waals surface area contributed by atoms with E-state index in [4.69, 9.17) is 19.9 Å². The lowest BCUT2D eigenvalue weighted by Crippen LogP contribution is -2.54. The van der Waals surface area contributed by atoms with Gasteiger partial charge in [0.05, 0.1) is 12.6 Å². The number of rotatable bonds is 11. The minimum atomic E-state index is -1.59. The van der Waals surface area contributed by atoms with Gasteiger partial charge in [-0.2, -0.15) is 0 Å². The van der Waals surface area contributed by atoms with Gasteiger partial charge in [-0.3, -0.25) is 14.4 Å². The van der Waals surface area contributed by atoms with Crippen LogP contribution in [0.1, 0.15) is 31.9 Å². The predicted molar refractivity (Wildman–Crippen MR) is 128 cm³/mol. The lowest BCUT2D eigenvalue weighted by molar-refractivity contribution is -0.168. The van der Waals surface area contributed by atoms with Gasteiger partial charge in [0, 0.05) is 7.11 Å². The standard InChI is InChI=1S/C26H34N2O6/c1-26(2,3)34-24(30)21(22(27)25(31)33-16-19-13-9-6-10-14-19)23(29)28-20(17-32-4)15-18-11-7-5-8-12-18/h5-14,20-22H,15-17,27H2,1-4H3,(H,28,29)/t20-,21+,22?/m0/s1. The van der Waals surface area contributed by atoms with E-state index >= 15 is 0 Å². The molecule has 2 rings (SSSR count). The normalized spacial score (nSPS) is 13.9. The molecule has 0 aliphatic carbocycles. The van der Waals surface area contributed by atoms with E-state index in [-0.39, 0.29) is 13.2 Å². The lowest BCUT2D eigenvalue weighted by atomic mass is 9.97. The molecule has 0 radical (unpaired) electrons. The number of carbonyl (C=O) groups excluding carboxylic acids is 3. The van der Waals surface area contributed by atoms with Gasteiger partial charge in [0.2, 0.25) is 5.91 Å². The summed E-state index contributed by atoms with van der Waals surface area (Å²) in [4.78, 5) is 38.8. The fraction of sp³-hybridized carbons (Fsp3) is 0.423. The number of nitrogens with two attached hydrogens (primary N) is 1. The van der Waals surface area contributed by atoms with E-state index in [1.54, 1.807) is 32.9 Å². The average Bonchev–Trinajstić information content (AvgIpc) is 2.77. The zero-order valence-electron chi connectivity index (χ0n) is 20.2. The van der Waals surface area contributed by atoms with Crippen molar-refractivity contribution in [3.05, 3.63) is 71.8 Å². The number of carbonyl (C=O) groups is 3. The van der Waals surface area contributed by atoms with Gasteiger partial charge in [0.1, 0.15) is 18.2 Å². The molecular weight excluding hydrogens is 436 g/mol. The third-order valence-electron chi connectivity index (χ3n) is 4.84. The zero-order valence-corrected chi connectivity index (χ0v) is 20.2. The number of nitrogens with one attached hydrogen (secondary N) is 1. The van der Waals surface area contributed by atoms with Crippen molar-refractivity contribution in [3.8, 4) is 0 Å². The van der Waals surface area contributed by atoms with Crippen LogP contribution in [0.15, 0.2) is 60.7 Å². The van der Waals surface area contributed by atoms with Crippen LogP contribution in [0.3, 0.4) is 0 Å². The number of hydrogen-bond donors (Lipinski definition) is 2. The maximum Gasteiger partial charge on any atom is 0.324 e. The van der Waals surface area contributed by atoms with E-state index in [1.807, 2.05) is 48.5 Å². The summed E-state index contributed by atoms with van der Waals surface area (Å²) in [6, 6.07) is 16.6. The smallest absolute Gasteiger partial charge is 0.324 e. The van der Waals surface area contributed by atoms with Crippen LogP contribution in [-0.2, 0) is 41.6 Å². The van der Waals surface area contributed by atoms with Crippen molar-refractivity contribution in [2.24, 2.45) is 11.7 Å². The Morgan fingerprint density at radius 1 is 0.912 bits per heavy atom. The Bertz CT molecular complexity index is 927. The Morgan fingerprint density at radius 2 is 1.47 bits per heavy atom. The average molecular weight is 471 g/mol. The van der Waals surface area contributed by atoms with Crippen molar-refractivity contribution in [3.63, 3.8) is 0 Å². The van der Waals surface area contributed by atoms with Crippen molar-refractivity contribution in [2.75, 3.05) is 13.7 Å². The molecule has 8 nitrogen and oxygen atoms in total. The van der Waals surface area contributed by atoms with E-state index in [9.17, 15) is 14.4 Å². The number of ether oxygens (including phenoxy) is 3. The first-order valence-corrected chi connectivity index (χ1v) is 11.1. The minimum Gasteiger partial charge on any atom is -0.460 e. The molecule has 1 amide bonds. The Morgan fingerprint density at radius 3 is 2.00 bits per heavy atom. The highest BCUT2D eigenvalue weighted by molar-refractivity contribution is 6.03. The van der Waals surface area contributed by atoms with E-state index in [2.05, 4.69) is 5.32 Å². The first-order chi connectivity index (χ1) is 16.1. The molecule has 0 fully saturated rings. The Balaban J connectivity index is 2.17. The Hall–Kier alpha value is -3.23. The SMILES string of the molecule is COC[C@H](Cc1ccccc1)NC(=O)[C@H](C(=O)OC(C)(C)C)C(N)C(=O)OCc1ccccc1. The zero-order chi connectivity index (χ0) is 25.1. The quantitative estimate of drug-likeness (QED) is 0.382. The Kier molecular flexibility index (Phi) is 10.2. The van der Waals surface area contributed by atoms with Crippen LogP contribution in [0.2, 0.25) is 0 Å². The fourth-order valence-electron chi connectivity index (χ4n) is 3.29. The van der Waals surface area contributed by atoms with Crippen LogP contribution >= 0.6 is 0 Å². The number of amides is 1. The highest BCUT2D eigenvalue weighted by Gasteiger charge is 2.41. The second-order valence-corrected chi connectivity index (χ2v) is 8.98. The number of esters is 2. The van der Waals surface area contributed by atoms with E-state index in [0.29, 0.717) is 6.42 Å². The molecule has 0 saturated carbocycles. The summed E-state index contributed by atoms with van der Waals surface area (Å²) in [5, 5.41) is 2.79. The summed E-state index contributed by atoms with van der Waals surface area (Å²) < 4.78 is 15.9. The summed E-state index contributed by atoms with van der Waals surface area (Å²) in [6.07, 6.45) is 0.467. The first-order valence-electron chi connectivity index (χ1n) is 11.1. The van der Waals surface area contributed by atoms with Crippen LogP contribution in [0.4, 0.5) is 0 Å². The second-order valence-electron chi connectivity index (χ2n) is 8.98.